The number of hydrogen-bond donors (Lipinski definition) is 1. The molecule has 1 amide bonds. The fraction of sp³-hybridized carbons (Fsp3) is 0.0952. The van der Waals surface area contributed by atoms with Crippen molar-refractivity contribution in [1.29, 1.82) is 5.26 Å². The van der Waals surface area contributed by atoms with Gasteiger partial charge in [0, 0.05) is 10.6 Å². The molecule has 2 aromatic carbocycles. The molecule has 1 N–H and O–H groups in total. The van der Waals surface area contributed by atoms with Gasteiger partial charge in [0.25, 0.3) is 5.91 Å². The monoisotopic (exact) mass is 444 g/mol. The van der Waals surface area contributed by atoms with Crippen LogP contribution in [0.3, 0.4) is 0 Å². The number of nitriles is 1. The second kappa shape index (κ2) is 9.15. The van der Waals surface area contributed by atoms with Crippen LogP contribution >= 0.6 is 34.8 Å². The molecule has 0 spiro atoms. The third-order valence-electron chi connectivity index (χ3n) is 4.16. The SMILES string of the molecule is Cc1nn(Cc2ccccc2Cl)c(Cl)c1/C=C(\C#N)C(=O)Nc1ccccc1Cl. The number of carbonyl (C=O) groups is 1. The van der Waals surface area contributed by atoms with Crippen LogP contribution in [0.1, 0.15) is 16.8 Å². The number of carbonyl (C=O) groups excluding carboxylic acids is 1. The number of para-hydroxylation sites is 1. The van der Waals surface area contributed by atoms with Crippen LogP contribution in [0.5, 0.6) is 0 Å². The van der Waals surface area contributed by atoms with Gasteiger partial charge in [-0.05, 0) is 36.8 Å². The molecule has 1 aromatic heterocycles. The van der Waals surface area contributed by atoms with Gasteiger partial charge in [0.15, 0.2) is 0 Å². The van der Waals surface area contributed by atoms with E-state index in [1.54, 1.807) is 41.9 Å². The Kier molecular flexibility index (Phi) is 6.60. The van der Waals surface area contributed by atoms with Crippen molar-refractivity contribution in [2.24, 2.45) is 0 Å². The molecule has 3 aromatic rings. The van der Waals surface area contributed by atoms with Crippen LogP contribution in [0.15, 0.2) is 54.1 Å². The zero-order valence-corrected chi connectivity index (χ0v) is 17.6. The molecule has 5 nitrogen and oxygen atoms in total. The van der Waals surface area contributed by atoms with Gasteiger partial charge in [0.2, 0.25) is 0 Å². The van der Waals surface area contributed by atoms with Gasteiger partial charge in [-0.2, -0.15) is 10.4 Å². The molecule has 0 unspecified atom stereocenters. The summed E-state index contributed by atoms with van der Waals surface area (Å²) in [4.78, 5) is 12.5. The van der Waals surface area contributed by atoms with Crippen LogP contribution in [0.4, 0.5) is 5.69 Å². The van der Waals surface area contributed by atoms with Crippen molar-refractivity contribution in [1.82, 2.24) is 9.78 Å². The Morgan fingerprint density at radius 3 is 2.45 bits per heavy atom. The van der Waals surface area contributed by atoms with E-state index < -0.39 is 5.91 Å². The first-order chi connectivity index (χ1) is 13.9. The summed E-state index contributed by atoms with van der Waals surface area (Å²) in [7, 11) is 0. The average Bonchev–Trinajstić information content (AvgIpc) is 2.96. The third-order valence-corrected chi connectivity index (χ3v) is 5.26. The molecule has 0 aliphatic rings. The predicted molar refractivity (Wildman–Crippen MR) is 116 cm³/mol. The van der Waals surface area contributed by atoms with E-state index >= 15 is 0 Å². The first kappa shape index (κ1) is 20.9. The molecule has 1 heterocycles. The molecule has 0 aliphatic heterocycles. The first-order valence-corrected chi connectivity index (χ1v) is 9.68. The minimum Gasteiger partial charge on any atom is -0.320 e. The van der Waals surface area contributed by atoms with Crippen LogP contribution in [0.25, 0.3) is 6.08 Å². The summed E-state index contributed by atoms with van der Waals surface area (Å²) in [5, 5.41) is 17.8. The quantitative estimate of drug-likeness (QED) is 0.402. The van der Waals surface area contributed by atoms with Gasteiger partial charge in [-0.3, -0.25) is 4.79 Å². The maximum Gasteiger partial charge on any atom is 0.266 e. The third kappa shape index (κ3) is 4.80. The summed E-state index contributed by atoms with van der Waals surface area (Å²) in [5.41, 5.74) is 2.22. The summed E-state index contributed by atoms with van der Waals surface area (Å²) in [6, 6.07) is 16.1. The van der Waals surface area contributed by atoms with E-state index in [4.69, 9.17) is 34.8 Å². The number of amides is 1. The topological polar surface area (TPSA) is 70.7 Å². The van der Waals surface area contributed by atoms with E-state index in [2.05, 4.69) is 10.4 Å². The van der Waals surface area contributed by atoms with Crippen LogP contribution in [0, 0.1) is 18.3 Å². The van der Waals surface area contributed by atoms with Crippen molar-refractivity contribution in [2.75, 3.05) is 5.32 Å². The first-order valence-electron chi connectivity index (χ1n) is 8.54. The second-order valence-corrected chi connectivity index (χ2v) is 7.32. The second-order valence-electron chi connectivity index (χ2n) is 6.14. The van der Waals surface area contributed by atoms with Gasteiger partial charge in [0.05, 0.1) is 22.9 Å². The summed E-state index contributed by atoms with van der Waals surface area (Å²) in [6.45, 7) is 2.11. The molecule has 0 atom stereocenters. The van der Waals surface area contributed by atoms with Crippen molar-refractivity contribution in [3.05, 3.63) is 86.1 Å². The Labute approximate surface area is 183 Å². The minimum absolute atomic E-state index is 0.118. The lowest BCUT2D eigenvalue weighted by atomic mass is 10.1. The maximum atomic E-state index is 12.5. The molecule has 8 heteroatoms. The van der Waals surface area contributed by atoms with E-state index in [0.717, 1.165) is 5.56 Å². The number of aryl methyl sites for hydroxylation is 1. The van der Waals surface area contributed by atoms with Gasteiger partial charge >= 0.3 is 0 Å². The molecule has 0 saturated heterocycles. The minimum atomic E-state index is -0.588. The lowest BCUT2D eigenvalue weighted by molar-refractivity contribution is -0.112. The van der Waals surface area contributed by atoms with Gasteiger partial charge < -0.3 is 5.32 Å². The van der Waals surface area contributed by atoms with E-state index in [9.17, 15) is 10.1 Å². The highest BCUT2D eigenvalue weighted by Crippen LogP contribution is 2.26. The Balaban J connectivity index is 1.89. The standard InChI is InChI=1S/C21H15Cl3N4O/c1-13-16(20(24)28(27-13)12-14-6-2-3-7-17(14)22)10-15(11-25)21(29)26-19-9-5-4-8-18(19)23/h2-10H,12H2,1H3,(H,26,29)/b15-10+. The molecule has 3 rings (SSSR count). The van der Waals surface area contributed by atoms with Crippen LogP contribution in [-0.2, 0) is 11.3 Å². The number of nitrogens with one attached hydrogen (secondary N) is 1. The molecule has 29 heavy (non-hydrogen) atoms. The highest BCUT2D eigenvalue weighted by molar-refractivity contribution is 6.34. The van der Waals surface area contributed by atoms with Crippen LogP contribution in [0.2, 0.25) is 15.2 Å². The Bertz CT molecular complexity index is 1150. The number of rotatable bonds is 5. The van der Waals surface area contributed by atoms with E-state index in [1.165, 1.54) is 6.08 Å². The zero-order chi connectivity index (χ0) is 21.0. The fourth-order valence-electron chi connectivity index (χ4n) is 2.67. The normalized spacial score (nSPS) is 11.2. The van der Waals surface area contributed by atoms with Crippen LogP contribution < -0.4 is 5.32 Å². The molecule has 0 fully saturated rings. The number of aromatic nitrogens is 2. The molecule has 0 radical (unpaired) electrons. The molecule has 0 saturated carbocycles. The zero-order valence-electron chi connectivity index (χ0n) is 15.3. The number of hydrogen-bond acceptors (Lipinski definition) is 3. The van der Waals surface area contributed by atoms with E-state index in [1.807, 2.05) is 24.3 Å². The van der Waals surface area contributed by atoms with E-state index in [-0.39, 0.29) is 5.57 Å². The van der Waals surface area contributed by atoms with Crippen LogP contribution in [-0.4, -0.2) is 15.7 Å². The highest BCUT2D eigenvalue weighted by atomic mass is 35.5. The van der Waals surface area contributed by atoms with Crippen molar-refractivity contribution >= 4 is 52.5 Å². The Hall–Kier alpha value is -2.78. The molecule has 146 valence electrons. The van der Waals surface area contributed by atoms with Crippen molar-refractivity contribution in [2.45, 2.75) is 13.5 Å². The van der Waals surface area contributed by atoms with Gasteiger partial charge in [-0.1, -0.05) is 65.1 Å². The number of anilines is 1. The maximum absolute atomic E-state index is 12.5. The number of halogens is 3. The Morgan fingerprint density at radius 2 is 1.79 bits per heavy atom. The number of nitrogens with zero attached hydrogens (tertiary/aromatic N) is 3. The lowest BCUT2D eigenvalue weighted by Crippen LogP contribution is -2.13. The molecular weight excluding hydrogens is 431 g/mol. The molecule has 0 bridgehead atoms. The molecule has 0 aliphatic carbocycles. The summed E-state index contributed by atoms with van der Waals surface area (Å²) in [5.74, 6) is -0.588. The van der Waals surface area contributed by atoms with E-state index in [0.29, 0.717) is 38.7 Å². The summed E-state index contributed by atoms with van der Waals surface area (Å²) in [6.07, 6.45) is 1.42. The van der Waals surface area contributed by atoms with Crippen molar-refractivity contribution < 1.29 is 4.79 Å². The average molecular weight is 446 g/mol. The summed E-state index contributed by atoms with van der Waals surface area (Å²) < 4.78 is 1.57. The van der Waals surface area contributed by atoms with Gasteiger partial charge in [-0.15, -0.1) is 0 Å². The largest absolute Gasteiger partial charge is 0.320 e. The molecular formula is C21H15Cl3N4O. The van der Waals surface area contributed by atoms with Gasteiger partial charge in [-0.25, -0.2) is 4.68 Å². The fourth-order valence-corrected chi connectivity index (χ4v) is 3.34. The van der Waals surface area contributed by atoms with Crippen molar-refractivity contribution in [3.63, 3.8) is 0 Å². The highest BCUT2D eigenvalue weighted by Gasteiger charge is 2.17. The smallest absolute Gasteiger partial charge is 0.266 e. The number of benzene rings is 2. The Morgan fingerprint density at radius 1 is 1.14 bits per heavy atom. The van der Waals surface area contributed by atoms with Crippen molar-refractivity contribution in [3.8, 4) is 6.07 Å². The summed E-state index contributed by atoms with van der Waals surface area (Å²) >= 11 is 18.7. The predicted octanol–water partition coefficient (Wildman–Crippen LogP) is 5.75. The lowest BCUT2D eigenvalue weighted by Gasteiger charge is -2.06. The van der Waals surface area contributed by atoms with Gasteiger partial charge in [0.1, 0.15) is 16.8 Å².